The molecule has 30 heavy (non-hydrogen) atoms. The van der Waals surface area contributed by atoms with Crippen molar-refractivity contribution in [3.63, 3.8) is 0 Å². The molecule has 1 saturated heterocycles. The number of nitrogens with one attached hydrogen (secondary N) is 2. The Morgan fingerprint density at radius 3 is 2.83 bits per heavy atom. The number of halogens is 1. The molecule has 0 aromatic carbocycles. The Morgan fingerprint density at radius 2 is 2.17 bits per heavy atom. The lowest BCUT2D eigenvalue weighted by atomic mass is 10.1. The summed E-state index contributed by atoms with van der Waals surface area (Å²) in [6, 6.07) is 2.97. The number of amides is 2. The van der Waals surface area contributed by atoms with Gasteiger partial charge in [-0.3, -0.25) is 14.6 Å². The Kier molecular flexibility index (Phi) is 12.0. The first-order valence-electron chi connectivity index (χ1n) is 10.6. The third kappa shape index (κ3) is 7.91. The first-order valence-corrected chi connectivity index (χ1v) is 10.6. The van der Waals surface area contributed by atoms with Crippen LogP contribution >= 0.6 is 12.4 Å². The zero-order valence-corrected chi connectivity index (χ0v) is 18.8. The van der Waals surface area contributed by atoms with E-state index < -0.39 is 6.04 Å². The molecule has 8 nitrogen and oxygen atoms in total. The lowest BCUT2D eigenvalue weighted by Crippen LogP contribution is -2.51. The van der Waals surface area contributed by atoms with Gasteiger partial charge in [0.1, 0.15) is 6.04 Å². The van der Waals surface area contributed by atoms with Crippen LogP contribution < -0.4 is 16.5 Å². The molecule has 1 aromatic heterocycles. The molecule has 0 unspecified atom stereocenters. The number of likely N-dealkylation sites (tertiary alicyclic amines) is 1. The lowest BCUT2D eigenvalue weighted by Gasteiger charge is -2.27. The molecule has 1 aliphatic rings. The number of nitrogens with zero attached hydrogens (tertiary/aromatic N) is 3. The van der Waals surface area contributed by atoms with Gasteiger partial charge in [-0.2, -0.15) is 5.10 Å². The highest BCUT2D eigenvalue weighted by Gasteiger charge is 2.35. The van der Waals surface area contributed by atoms with Crippen LogP contribution in [-0.2, 0) is 16.1 Å². The molecular formula is C21H35ClN6O2. The van der Waals surface area contributed by atoms with Gasteiger partial charge in [0.15, 0.2) is 0 Å². The number of unbranched alkanes of at least 4 members (excludes halogenated alkanes) is 3. The van der Waals surface area contributed by atoms with Crippen LogP contribution in [0.5, 0.6) is 0 Å². The van der Waals surface area contributed by atoms with Gasteiger partial charge in [0, 0.05) is 18.3 Å². The molecule has 168 valence electrons. The highest BCUT2D eigenvalue weighted by molar-refractivity contribution is 5.90. The fourth-order valence-corrected chi connectivity index (χ4v) is 3.51. The second kappa shape index (κ2) is 13.9. The molecule has 0 saturated carbocycles. The number of hydrazone groups is 1. The predicted molar refractivity (Wildman–Crippen MR) is 121 cm³/mol. The number of rotatable bonds is 11. The number of hydrogen-bond acceptors (Lipinski definition) is 6. The van der Waals surface area contributed by atoms with Crippen molar-refractivity contribution in [1.82, 2.24) is 20.5 Å². The van der Waals surface area contributed by atoms with Crippen LogP contribution in [0.2, 0.25) is 0 Å². The summed E-state index contributed by atoms with van der Waals surface area (Å²) in [4.78, 5) is 31.5. The number of nitrogens with two attached hydrogens (primary N) is 1. The minimum atomic E-state index is -0.407. The molecule has 0 bridgehead atoms. The van der Waals surface area contributed by atoms with Crippen molar-refractivity contribution in [1.29, 1.82) is 0 Å². The number of carbonyl (C=O) groups is 2. The maximum absolute atomic E-state index is 12.8. The summed E-state index contributed by atoms with van der Waals surface area (Å²) in [5.41, 5.74) is 1.54. The van der Waals surface area contributed by atoms with Gasteiger partial charge < -0.3 is 21.4 Å². The van der Waals surface area contributed by atoms with Crippen LogP contribution in [0.15, 0.2) is 23.4 Å². The first-order chi connectivity index (χ1) is 14.1. The lowest BCUT2D eigenvalue weighted by molar-refractivity contribution is -0.139. The summed E-state index contributed by atoms with van der Waals surface area (Å²) < 4.78 is 0. The van der Waals surface area contributed by atoms with Gasteiger partial charge in [0.2, 0.25) is 11.8 Å². The fourth-order valence-electron chi connectivity index (χ4n) is 3.51. The van der Waals surface area contributed by atoms with Crippen molar-refractivity contribution in [2.75, 3.05) is 13.1 Å². The molecule has 0 spiro atoms. The maximum Gasteiger partial charge on any atom is 0.243 e. The molecule has 2 heterocycles. The monoisotopic (exact) mass is 438 g/mol. The number of carbonyl (C=O) groups excluding carboxylic acids is 2. The summed E-state index contributed by atoms with van der Waals surface area (Å²) in [7, 11) is 0. The average Bonchev–Trinajstić information content (AvgIpc) is 3.22. The van der Waals surface area contributed by atoms with Crippen molar-refractivity contribution < 1.29 is 9.59 Å². The summed E-state index contributed by atoms with van der Waals surface area (Å²) in [5.74, 6) is 5.00. The quantitative estimate of drug-likeness (QED) is 0.211. The second-order valence-corrected chi connectivity index (χ2v) is 7.50. The van der Waals surface area contributed by atoms with Crippen molar-refractivity contribution in [3.05, 3.63) is 29.6 Å². The highest BCUT2D eigenvalue weighted by Crippen LogP contribution is 2.18. The van der Waals surface area contributed by atoms with E-state index in [-0.39, 0.29) is 30.3 Å². The Bertz CT molecular complexity index is 683. The van der Waals surface area contributed by atoms with Crippen LogP contribution in [0.25, 0.3) is 0 Å². The summed E-state index contributed by atoms with van der Waals surface area (Å²) in [5, 5.41) is 9.66. The topological polar surface area (TPSA) is 113 Å². The van der Waals surface area contributed by atoms with Gasteiger partial charge in [-0.15, -0.1) is 12.4 Å². The normalized spacial score (nSPS) is 17.0. The smallest absolute Gasteiger partial charge is 0.243 e. The van der Waals surface area contributed by atoms with E-state index in [1.165, 1.54) is 25.5 Å². The van der Waals surface area contributed by atoms with Crippen LogP contribution in [0.3, 0.4) is 0 Å². The van der Waals surface area contributed by atoms with Gasteiger partial charge in [-0.05, 0) is 44.9 Å². The largest absolute Gasteiger partial charge is 0.349 e. The number of hydrogen-bond donors (Lipinski definition) is 3. The number of aromatic nitrogens is 1. The van der Waals surface area contributed by atoms with E-state index in [2.05, 4.69) is 27.6 Å². The van der Waals surface area contributed by atoms with E-state index in [4.69, 9.17) is 5.84 Å². The van der Waals surface area contributed by atoms with E-state index in [1.807, 2.05) is 19.1 Å². The molecular weight excluding hydrogens is 404 g/mol. The van der Waals surface area contributed by atoms with Crippen LogP contribution in [0.4, 0.5) is 0 Å². The first kappa shape index (κ1) is 25.8. The standard InChI is InChI=1S/C21H34N6O2.ClH/c1-3-4-5-6-11-23-16(2)21(29)27-12-7-8-19(27)20(28)25-15-18-10-9-17(13-24-18)14-26-22;/h9-10,13-14,16,19,23H,3-8,11-12,15,22H2,1-2H3,(H,25,28);1H/t16-,19-;/m0./s1. The molecule has 2 rings (SSSR count). The maximum atomic E-state index is 12.8. The minimum Gasteiger partial charge on any atom is -0.349 e. The Hall–Kier alpha value is -2.19. The summed E-state index contributed by atoms with van der Waals surface area (Å²) in [6.07, 6.45) is 9.36. The SMILES string of the molecule is CCCCCCN[C@@H](C)C(=O)N1CCC[C@H]1C(=O)NCc1ccc(C=NN)cn1.Cl. The van der Waals surface area contributed by atoms with Gasteiger partial charge in [-0.25, -0.2) is 0 Å². The molecule has 2 atom stereocenters. The second-order valence-electron chi connectivity index (χ2n) is 7.50. The van der Waals surface area contributed by atoms with Crippen molar-refractivity contribution >= 4 is 30.4 Å². The van der Waals surface area contributed by atoms with Crippen molar-refractivity contribution in [2.24, 2.45) is 10.9 Å². The van der Waals surface area contributed by atoms with Gasteiger partial charge >= 0.3 is 0 Å². The minimum absolute atomic E-state index is 0. The number of pyridine rings is 1. The Balaban J connectivity index is 0.00000450. The van der Waals surface area contributed by atoms with E-state index >= 15 is 0 Å². The van der Waals surface area contributed by atoms with Crippen LogP contribution in [0, 0.1) is 0 Å². The molecule has 0 radical (unpaired) electrons. The highest BCUT2D eigenvalue weighted by atomic mass is 35.5. The molecule has 1 aliphatic heterocycles. The summed E-state index contributed by atoms with van der Waals surface area (Å²) >= 11 is 0. The molecule has 9 heteroatoms. The van der Waals surface area contributed by atoms with Gasteiger partial charge in [0.25, 0.3) is 0 Å². The van der Waals surface area contributed by atoms with Crippen molar-refractivity contribution in [2.45, 2.75) is 71.0 Å². The van der Waals surface area contributed by atoms with Crippen LogP contribution in [-0.4, -0.2) is 53.1 Å². The van der Waals surface area contributed by atoms with E-state index in [0.29, 0.717) is 19.5 Å². The molecule has 1 aromatic rings. The zero-order chi connectivity index (χ0) is 21.1. The van der Waals surface area contributed by atoms with Crippen molar-refractivity contribution in [3.8, 4) is 0 Å². The third-order valence-corrected chi connectivity index (χ3v) is 5.20. The van der Waals surface area contributed by atoms with Gasteiger partial charge in [-0.1, -0.05) is 26.2 Å². The Morgan fingerprint density at radius 1 is 1.37 bits per heavy atom. The summed E-state index contributed by atoms with van der Waals surface area (Å²) in [6.45, 7) is 5.84. The zero-order valence-electron chi connectivity index (χ0n) is 18.0. The molecule has 1 fully saturated rings. The molecule has 0 aliphatic carbocycles. The van der Waals surface area contributed by atoms with Gasteiger partial charge in [0.05, 0.1) is 24.5 Å². The van der Waals surface area contributed by atoms with E-state index in [1.54, 1.807) is 11.1 Å². The predicted octanol–water partition coefficient (Wildman–Crippen LogP) is 1.96. The van der Waals surface area contributed by atoms with Crippen LogP contribution in [0.1, 0.15) is 63.6 Å². The molecule has 4 N–H and O–H groups in total. The van der Waals surface area contributed by atoms with E-state index in [9.17, 15) is 9.59 Å². The van der Waals surface area contributed by atoms with E-state index in [0.717, 1.165) is 30.6 Å². The third-order valence-electron chi connectivity index (χ3n) is 5.20. The average molecular weight is 439 g/mol. The fraction of sp³-hybridized carbons (Fsp3) is 0.619. The molecule has 2 amide bonds. The Labute approximate surface area is 185 Å².